The minimum absolute atomic E-state index is 0.101. The third-order valence-corrected chi connectivity index (χ3v) is 12.8. The van der Waals surface area contributed by atoms with Gasteiger partial charge in [-0.25, -0.2) is 0 Å². The molecule has 2 aromatic carbocycles. The van der Waals surface area contributed by atoms with Gasteiger partial charge in [0.15, 0.2) is 0 Å². The van der Waals surface area contributed by atoms with Gasteiger partial charge in [-0.1, -0.05) is 149 Å². The van der Waals surface area contributed by atoms with Crippen LogP contribution in [0, 0.1) is 0 Å². The summed E-state index contributed by atoms with van der Waals surface area (Å²) in [6.45, 7) is 42.8. The van der Waals surface area contributed by atoms with E-state index >= 15 is 0 Å². The maximum Gasteiger partial charge on any atom is 0.0138 e. The first-order valence-corrected chi connectivity index (χ1v) is 19.0. The highest BCUT2D eigenvalue weighted by Crippen LogP contribution is 2.45. The van der Waals surface area contributed by atoms with Crippen LogP contribution in [0.15, 0.2) is 24.3 Å². The van der Waals surface area contributed by atoms with E-state index in [2.05, 4.69) is 149 Å². The first-order valence-electron chi connectivity index (χ1n) is 14.7. The SMILES string of the molecule is CC(C)(C)c1cc(C(C)(C)C)c(P=PPc2c(C(C)(C)C)cc(C(C)(C)C)cc2C(C)(C)C)c(C(C)(C)C)c1. The Morgan fingerprint density at radius 2 is 0.692 bits per heavy atom. The fraction of sp³-hybridized carbons (Fsp3) is 0.667. The van der Waals surface area contributed by atoms with Gasteiger partial charge in [0.05, 0.1) is 0 Å². The van der Waals surface area contributed by atoms with Gasteiger partial charge in [-0.05, 0) is 94.9 Å². The van der Waals surface area contributed by atoms with Crippen molar-refractivity contribution in [2.45, 2.75) is 157 Å². The van der Waals surface area contributed by atoms with E-state index in [4.69, 9.17) is 0 Å². The lowest BCUT2D eigenvalue weighted by Crippen LogP contribution is -2.30. The molecule has 2 aromatic rings. The molecule has 3 heteroatoms. The van der Waals surface area contributed by atoms with Crippen LogP contribution in [0.3, 0.4) is 0 Å². The first-order chi connectivity index (χ1) is 17.1. The second-order valence-electron chi connectivity index (χ2n) is 17.7. The average Bonchev–Trinajstić information content (AvgIpc) is 2.68. The van der Waals surface area contributed by atoms with Crippen molar-refractivity contribution in [3.8, 4) is 0 Å². The van der Waals surface area contributed by atoms with E-state index in [0.29, 0.717) is 0 Å². The molecule has 0 nitrogen and oxygen atoms in total. The first kappa shape index (κ1) is 34.7. The summed E-state index contributed by atoms with van der Waals surface area (Å²) in [5.74, 6) is 0. The molecule has 0 bridgehead atoms. The summed E-state index contributed by atoms with van der Waals surface area (Å²) >= 11 is 0. The fourth-order valence-electron chi connectivity index (χ4n) is 4.82. The molecule has 0 aromatic heterocycles. The summed E-state index contributed by atoms with van der Waals surface area (Å²) in [5, 5.41) is 3.15. The molecule has 0 aliphatic carbocycles. The maximum absolute atomic E-state index is 2.53. The van der Waals surface area contributed by atoms with Gasteiger partial charge in [0.2, 0.25) is 0 Å². The van der Waals surface area contributed by atoms with E-state index in [-0.39, 0.29) is 32.5 Å². The smallest absolute Gasteiger partial charge is 0.0138 e. The normalized spacial score (nSPS) is 14.7. The molecule has 0 heterocycles. The Morgan fingerprint density at radius 1 is 0.410 bits per heavy atom. The van der Waals surface area contributed by atoms with Crippen LogP contribution < -0.4 is 10.6 Å². The number of benzene rings is 2. The van der Waals surface area contributed by atoms with Crippen LogP contribution in [-0.2, 0) is 32.5 Å². The minimum atomic E-state index is 0.101. The number of hydrogen-bond acceptors (Lipinski definition) is 0. The van der Waals surface area contributed by atoms with E-state index in [9.17, 15) is 0 Å². The lowest BCUT2D eigenvalue weighted by atomic mass is 9.75. The predicted octanol–water partition coefficient (Wildman–Crippen LogP) is 11.8. The van der Waals surface area contributed by atoms with Crippen molar-refractivity contribution in [2.24, 2.45) is 0 Å². The van der Waals surface area contributed by atoms with E-state index in [0.717, 1.165) is 8.27 Å². The van der Waals surface area contributed by atoms with E-state index in [1.54, 1.807) is 10.6 Å². The van der Waals surface area contributed by atoms with E-state index < -0.39 is 0 Å². The van der Waals surface area contributed by atoms with Crippen LogP contribution in [0.5, 0.6) is 0 Å². The zero-order valence-electron chi connectivity index (χ0n) is 28.7. The molecule has 0 N–H and O–H groups in total. The molecule has 0 spiro atoms. The average molecular weight is 585 g/mol. The van der Waals surface area contributed by atoms with Crippen LogP contribution >= 0.6 is 23.7 Å². The zero-order chi connectivity index (χ0) is 30.6. The summed E-state index contributed by atoms with van der Waals surface area (Å²) in [6, 6.07) is 10.1. The van der Waals surface area contributed by atoms with Crippen molar-refractivity contribution in [3.05, 3.63) is 57.6 Å². The Balaban J connectivity index is 2.86. The fourth-order valence-corrected chi connectivity index (χ4v) is 11.6. The van der Waals surface area contributed by atoms with Crippen molar-refractivity contribution in [1.82, 2.24) is 0 Å². The molecule has 39 heavy (non-hydrogen) atoms. The van der Waals surface area contributed by atoms with Crippen molar-refractivity contribution >= 4 is 34.3 Å². The highest BCUT2D eigenvalue weighted by molar-refractivity contribution is 8.28. The number of hydrogen-bond donors (Lipinski definition) is 0. The Hall–Kier alpha value is -0.530. The van der Waals surface area contributed by atoms with Gasteiger partial charge < -0.3 is 0 Å². The Bertz CT molecular complexity index is 1130. The standard InChI is InChI=1S/C36H59P3/c1-31(2,3)23-19-25(33(7,8)9)29(26(20-23)34(10,11)12)37-39-38-30-27(35(13,14)15)21-24(32(4,5)6)22-28(30)36(16,17)18/h19-22,37H,1-18H3. The minimum Gasteiger partial charge on any atom is -0.0561 e. The largest absolute Gasteiger partial charge is 0.0561 e. The Kier molecular flexibility index (Phi) is 10.0. The monoisotopic (exact) mass is 584 g/mol. The molecule has 0 fully saturated rings. The number of rotatable bonds is 3. The van der Waals surface area contributed by atoms with Crippen molar-refractivity contribution in [1.29, 1.82) is 0 Å². The molecular weight excluding hydrogens is 525 g/mol. The molecule has 218 valence electrons. The molecule has 0 saturated carbocycles. The summed E-state index contributed by atoms with van der Waals surface area (Å²) in [6.07, 6.45) is 0. The quantitative estimate of drug-likeness (QED) is 0.315. The van der Waals surface area contributed by atoms with Gasteiger partial charge in [-0.2, -0.15) is 0 Å². The highest BCUT2D eigenvalue weighted by atomic mass is 32.2. The highest BCUT2D eigenvalue weighted by Gasteiger charge is 2.30. The topological polar surface area (TPSA) is 0 Å². The van der Waals surface area contributed by atoms with Crippen molar-refractivity contribution in [3.63, 3.8) is 0 Å². The molecule has 1 atom stereocenters. The van der Waals surface area contributed by atoms with E-state index in [1.807, 2.05) is 0 Å². The summed E-state index contributed by atoms with van der Waals surface area (Å²) in [5.41, 5.74) is 9.72. The van der Waals surface area contributed by atoms with Crippen LogP contribution in [0.4, 0.5) is 0 Å². The second-order valence-corrected chi connectivity index (χ2v) is 22.9. The lowest BCUT2D eigenvalue weighted by molar-refractivity contribution is 0.553. The summed E-state index contributed by atoms with van der Waals surface area (Å²) < 4.78 is 0. The molecular formula is C36H59P3. The van der Waals surface area contributed by atoms with Gasteiger partial charge in [0, 0.05) is 5.30 Å². The van der Waals surface area contributed by atoms with E-state index in [1.165, 1.54) is 48.8 Å². The van der Waals surface area contributed by atoms with Crippen molar-refractivity contribution < 1.29 is 0 Å². The van der Waals surface area contributed by atoms with Crippen LogP contribution in [0.2, 0.25) is 0 Å². The Labute approximate surface area is 248 Å². The van der Waals surface area contributed by atoms with Gasteiger partial charge in [-0.3, -0.25) is 0 Å². The van der Waals surface area contributed by atoms with Gasteiger partial charge in [0.25, 0.3) is 0 Å². The van der Waals surface area contributed by atoms with Gasteiger partial charge in [0.1, 0.15) is 0 Å². The molecule has 0 radical (unpaired) electrons. The predicted molar refractivity (Wildman–Crippen MR) is 187 cm³/mol. The van der Waals surface area contributed by atoms with Crippen LogP contribution in [-0.4, -0.2) is 0 Å². The molecule has 0 amide bonds. The van der Waals surface area contributed by atoms with Gasteiger partial charge >= 0.3 is 0 Å². The Morgan fingerprint density at radius 3 is 0.949 bits per heavy atom. The molecule has 1 unspecified atom stereocenters. The second kappa shape index (κ2) is 11.3. The van der Waals surface area contributed by atoms with Gasteiger partial charge in [-0.15, -0.1) is 0 Å². The summed E-state index contributed by atoms with van der Waals surface area (Å²) in [4.78, 5) is 0. The van der Waals surface area contributed by atoms with Crippen LogP contribution in [0.25, 0.3) is 0 Å². The molecule has 0 aliphatic rings. The lowest BCUT2D eigenvalue weighted by Gasteiger charge is -2.33. The molecule has 0 aliphatic heterocycles. The molecule has 2 rings (SSSR count). The third kappa shape index (κ3) is 8.73. The molecule has 0 saturated heterocycles. The summed E-state index contributed by atoms with van der Waals surface area (Å²) in [7, 11) is 3.67. The van der Waals surface area contributed by atoms with Crippen LogP contribution in [0.1, 0.15) is 158 Å². The van der Waals surface area contributed by atoms with Crippen molar-refractivity contribution in [2.75, 3.05) is 0 Å². The zero-order valence-corrected chi connectivity index (χ0v) is 31.5. The maximum atomic E-state index is 2.53. The third-order valence-electron chi connectivity index (χ3n) is 7.52.